The maximum Gasteiger partial charge on any atom is 0.0568 e. The Morgan fingerprint density at radius 3 is 2.30 bits per heavy atom. The number of hydrogen-bond acceptors (Lipinski definition) is 3. The van der Waals surface area contributed by atoms with Gasteiger partial charge in [-0.3, -0.25) is 4.90 Å². The van der Waals surface area contributed by atoms with Gasteiger partial charge in [0.25, 0.3) is 0 Å². The summed E-state index contributed by atoms with van der Waals surface area (Å²) in [5, 5.41) is 0. The van der Waals surface area contributed by atoms with Crippen LogP contribution in [0, 0.1) is 5.92 Å². The first-order valence-corrected chi connectivity index (χ1v) is 8.77. The van der Waals surface area contributed by atoms with E-state index in [4.69, 9.17) is 10.5 Å². The van der Waals surface area contributed by atoms with Crippen LogP contribution in [-0.4, -0.2) is 41.8 Å². The molecule has 3 rings (SSSR count). The molecule has 3 fully saturated rings. The Hall–Kier alpha value is -0.120. The molecule has 0 aromatic carbocycles. The number of likely N-dealkylation sites (tertiary alicyclic amines) is 1. The molecule has 0 aromatic rings. The molecule has 2 N–H and O–H groups in total. The zero-order valence-electron chi connectivity index (χ0n) is 13.3. The molecule has 2 aliphatic heterocycles. The van der Waals surface area contributed by atoms with Crippen molar-refractivity contribution in [2.75, 3.05) is 13.1 Å². The van der Waals surface area contributed by atoms with Crippen LogP contribution in [0.25, 0.3) is 0 Å². The molecular formula is C17H32N2O. The maximum absolute atomic E-state index is 6.31. The van der Waals surface area contributed by atoms with Crippen LogP contribution < -0.4 is 5.73 Å². The van der Waals surface area contributed by atoms with Gasteiger partial charge in [0.1, 0.15) is 0 Å². The highest BCUT2D eigenvalue weighted by molar-refractivity contribution is 5.03. The fourth-order valence-corrected chi connectivity index (χ4v) is 5.38. The molecule has 1 aliphatic carbocycles. The van der Waals surface area contributed by atoms with Crippen LogP contribution in [-0.2, 0) is 4.74 Å². The number of ether oxygens (including phenoxy) is 1. The highest BCUT2D eigenvalue weighted by Crippen LogP contribution is 2.43. The van der Waals surface area contributed by atoms with Gasteiger partial charge in [-0.1, -0.05) is 12.8 Å². The number of nitrogens with two attached hydrogens (primary N) is 1. The average molecular weight is 280 g/mol. The molecule has 1 saturated carbocycles. The van der Waals surface area contributed by atoms with Gasteiger partial charge in [0.15, 0.2) is 0 Å². The fraction of sp³-hybridized carbons (Fsp3) is 1.00. The highest BCUT2D eigenvalue weighted by atomic mass is 16.5. The van der Waals surface area contributed by atoms with Crippen molar-refractivity contribution in [1.82, 2.24) is 4.90 Å². The van der Waals surface area contributed by atoms with E-state index in [1.165, 1.54) is 45.1 Å². The minimum atomic E-state index is 0.209. The molecular weight excluding hydrogens is 248 g/mol. The summed E-state index contributed by atoms with van der Waals surface area (Å²) in [7, 11) is 0. The smallest absolute Gasteiger partial charge is 0.0568 e. The van der Waals surface area contributed by atoms with Crippen LogP contribution in [0.1, 0.15) is 65.2 Å². The van der Waals surface area contributed by atoms with Gasteiger partial charge >= 0.3 is 0 Å². The summed E-state index contributed by atoms with van der Waals surface area (Å²) in [6.07, 6.45) is 11.5. The Morgan fingerprint density at radius 1 is 1.05 bits per heavy atom. The lowest BCUT2D eigenvalue weighted by molar-refractivity contribution is -0.110. The van der Waals surface area contributed by atoms with E-state index in [2.05, 4.69) is 18.7 Å². The second-order valence-corrected chi connectivity index (χ2v) is 7.54. The Balaban J connectivity index is 1.79. The van der Waals surface area contributed by atoms with E-state index in [0.717, 1.165) is 31.3 Å². The molecule has 20 heavy (non-hydrogen) atoms. The normalized spacial score (nSPS) is 44.2. The van der Waals surface area contributed by atoms with Crippen LogP contribution in [0.3, 0.4) is 0 Å². The molecule has 2 saturated heterocycles. The second kappa shape index (κ2) is 5.94. The van der Waals surface area contributed by atoms with E-state index < -0.39 is 0 Å². The summed E-state index contributed by atoms with van der Waals surface area (Å²) in [5.74, 6) is 0.939. The fourth-order valence-electron chi connectivity index (χ4n) is 5.38. The van der Waals surface area contributed by atoms with Crippen LogP contribution in [0.4, 0.5) is 0 Å². The molecule has 3 heteroatoms. The van der Waals surface area contributed by atoms with Gasteiger partial charge in [-0.05, 0) is 64.8 Å². The van der Waals surface area contributed by atoms with Gasteiger partial charge in [0, 0.05) is 18.1 Å². The topological polar surface area (TPSA) is 38.5 Å². The molecule has 0 radical (unpaired) electrons. The Bertz CT molecular complexity index is 317. The van der Waals surface area contributed by atoms with Crippen LogP contribution >= 0.6 is 0 Å². The Kier molecular flexibility index (Phi) is 4.40. The van der Waals surface area contributed by atoms with Gasteiger partial charge in [-0.15, -0.1) is 0 Å². The monoisotopic (exact) mass is 280 g/mol. The van der Waals surface area contributed by atoms with Crippen LogP contribution in [0.2, 0.25) is 0 Å². The molecule has 3 atom stereocenters. The largest absolute Gasteiger partial charge is 0.375 e. The molecule has 3 unspecified atom stereocenters. The van der Waals surface area contributed by atoms with E-state index in [1.807, 2.05) is 0 Å². The third-order valence-corrected chi connectivity index (χ3v) is 6.03. The number of nitrogens with zero attached hydrogens (tertiary/aromatic N) is 1. The lowest BCUT2D eigenvalue weighted by atomic mass is 9.80. The molecule has 116 valence electrons. The van der Waals surface area contributed by atoms with Gasteiger partial charge in [0.2, 0.25) is 0 Å². The van der Waals surface area contributed by atoms with Crippen molar-refractivity contribution in [1.29, 1.82) is 0 Å². The van der Waals surface area contributed by atoms with Gasteiger partial charge in [-0.2, -0.15) is 0 Å². The second-order valence-electron chi connectivity index (χ2n) is 7.54. The molecule has 3 aliphatic rings. The standard InChI is InChI=1S/C17H32N2O/c1-13-10-17(12-18,11-14(2)20-13)19-9-5-8-16(19)15-6-3-4-7-15/h13-16H,3-12,18H2,1-2H3. The van der Waals surface area contributed by atoms with Crippen LogP contribution in [0.15, 0.2) is 0 Å². The van der Waals surface area contributed by atoms with Crippen LogP contribution in [0.5, 0.6) is 0 Å². The number of rotatable bonds is 3. The summed E-state index contributed by atoms with van der Waals surface area (Å²) < 4.78 is 5.98. The lowest BCUT2D eigenvalue weighted by Crippen LogP contribution is -2.61. The van der Waals surface area contributed by atoms with E-state index in [-0.39, 0.29) is 5.54 Å². The summed E-state index contributed by atoms with van der Waals surface area (Å²) in [6.45, 7) is 6.51. The van der Waals surface area contributed by atoms with Gasteiger partial charge in [0.05, 0.1) is 12.2 Å². The summed E-state index contributed by atoms with van der Waals surface area (Å²) in [6, 6.07) is 0.804. The van der Waals surface area contributed by atoms with Crippen molar-refractivity contribution in [3.05, 3.63) is 0 Å². The third kappa shape index (κ3) is 2.65. The number of hydrogen-bond donors (Lipinski definition) is 1. The van der Waals surface area contributed by atoms with E-state index >= 15 is 0 Å². The summed E-state index contributed by atoms with van der Waals surface area (Å²) in [4.78, 5) is 2.83. The quantitative estimate of drug-likeness (QED) is 0.864. The molecule has 0 amide bonds. The van der Waals surface area contributed by atoms with Crippen molar-refractivity contribution in [3.8, 4) is 0 Å². The molecule has 3 nitrogen and oxygen atoms in total. The Labute approximate surface area is 124 Å². The van der Waals surface area contributed by atoms with E-state index in [9.17, 15) is 0 Å². The zero-order chi connectivity index (χ0) is 14.2. The molecule has 2 heterocycles. The lowest BCUT2D eigenvalue weighted by Gasteiger charge is -2.51. The zero-order valence-corrected chi connectivity index (χ0v) is 13.3. The van der Waals surface area contributed by atoms with Crippen molar-refractivity contribution < 1.29 is 4.74 Å². The predicted molar refractivity (Wildman–Crippen MR) is 82.7 cm³/mol. The molecule has 0 spiro atoms. The first-order valence-electron chi connectivity index (χ1n) is 8.77. The van der Waals surface area contributed by atoms with Crippen molar-refractivity contribution in [3.63, 3.8) is 0 Å². The van der Waals surface area contributed by atoms with E-state index in [1.54, 1.807) is 0 Å². The minimum Gasteiger partial charge on any atom is -0.375 e. The molecule has 0 aromatic heterocycles. The van der Waals surface area contributed by atoms with Gasteiger partial charge in [-0.25, -0.2) is 0 Å². The average Bonchev–Trinajstić information content (AvgIpc) is 3.08. The minimum absolute atomic E-state index is 0.209. The van der Waals surface area contributed by atoms with Crippen molar-refractivity contribution in [2.24, 2.45) is 11.7 Å². The Morgan fingerprint density at radius 2 is 1.70 bits per heavy atom. The highest BCUT2D eigenvalue weighted by Gasteiger charge is 2.48. The summed E-state index contributed by atoms with van der Waals surface area (Å²) in [5.41, 5.74) is 6.52. The predicted octanol–water partition coefficient (Wildman–Crippen LogP) is 2.93. The SMILES string of the molecule is CC1CC(CN)(N2CCCC2C2CCCC2)CC(C)O1. The maximum atomic E-state index is 6.31. The summed E-state index contributed by atoms with van der Waals surface area (Å²) >= 11 is 0. The first kappa shape index (κ1) is 14.8. The van der Waals surface area contributed by atoms with Crippen molar-refractivity contribution in [2.45, 2.75) is 89.0 Å². The molecule has 0 bridgehead atoms. The first-order chi connectivity index (χ1) is 9.64. The third-order valence-electron chi connectivity index (χ3n) is 6.03. The van der Waals surface area contributed by atoms with Gasteiger partial charge < -0.3 is 10.5 Å². The van der Waals surface area contributed by atoms with Crippen molar-refractivity contribution >= 4 is 0 Å². The van der Waals surface area contributed by atoms with E-state index in [0.29, 0.717) is 12.2 Å².